The van der Waals surface area contributed by atoms with Crippen LogP contribution >= 0.6 is 23.2 Å². The highest BCUT2D eigenvalue weighted by Gasteiger charge is 2.19. The molecule has 5 nitrogen and oxygen atoms in total. The number of amides is 1. The summed E-state index contributed by atoms with van der Waals surface area (Å²) in [5.41, 5.74) is 3.13. The highest BCUT2D eigenvalue weighted by molar-refractivity contribution is 6.35. The standard InChI is InChI=1S/C21H19Cl2N3O2/c1-12-6-5-7-17(19(12)23)25(4)20(27)15-8-9-16(22)18(11-15)26-14(3)10-13(2)24-21(26)28/h5-11H,1-4H3. The number of nitrogens with zero attached hydrogens (tertiary/aromatic N) is 3. The predicted molar refractivity (Wildman–Crippen MR) is 113 cm³/mol. The first kappa shape index (κ1) is 20.1. The van der Waals surface area contributed by atoms with Gasteiger partial charge in [-0.2, -0.15) is 4.98 Å². The Hall–Kier alpha value is -2.63. The molecule has 0 aliphatic carbocycles. The van der Waals surface area contributed by atoms with Crippen molar-refractivity contribution in [3.05, 3.63) is 85.5 Å². The van der Waals surface area contributed by atoms with Crippen molar-refractivity contribution < 1.29 is 4.79 Å². The van der Waals surface area contributed by atoms with Crippen LogP contribution in [0.2, 0.25) is 10.0 Å². The monoisotopic (exact) mass is 415 g/mol. The van der Waals surface area contributed by atoms with Crippen LogP contribution in [0.5, 0.6) is 0 Å². The molecule has 1 heterocycles. The number of anilines is 1. The SMILES string of the molecule is Cc1cc(C)n(-c2cc(C(=O)N(C)c3cccc(C)c3Cl)ccc2Cl)c(=O)n1. The quantitative estimate of drug-likeness (QED) is 0.620. The van der Waals surface area contributed by atoms with Crippen molar-refractivity contribution in [3.63, 3.8) is 0 Å². The molecule has 0 unspecified atom stereocenters. The van der Waals surface area contributed by atoms with E-state index in [1.54, 1.807) is 51.2 Å². The number of hydrogen-bond acceptors (Lipinski definition) is 3. The zero-order valence-electron chi connectivity index (χ0n) is 16.0. The molecule has 1 aromatic heterocycles. The second-order valence-electron chi connectivity index (χ2n) is 6.60. The number of benzene rings is 2. The van der Waals surface area contributed by atoms with Crippen LogP contribution in [-0.2, 0) is 0 Å². The molecule has 7 heteroatoms. The van der Waals surface area contributed by atoms with Crippen LogP contribution < -0.4 is 10.6 Å². The molecule has 3 aromatic rings. The maximum Gasteiger partial charge on any atom is 0.352 e. The van der Waals surface area contributed by atoms with Gasteiger partial charge in [0.15, 0.2) is 0 Å². The van der Waals surface area contributed by atoms with E-state index in [1.165, 1.54) is 9.47 Å². The molecular weight excluding hydrogens is 397 g/mol. The summed E-state index contributed by atoms with van der Waals surface area (Å²) >= 11 is 12.7. The van der Waals surface area contributed by atoms with Crippen LogP contribution in [0.1, 0.15) is 27.3 Å². The molecule has 0 aliphatic rings. The third-order valence-electron chi connectivity index (χ3n) is 4.51. The first-order chi connectivity index (χ1) is 13.2. The molecule has 0 saturated carbocycles. The van der Waals surface area contributed by atoms with Crippen LogP contribution in [-0.4, -0.2) is 22.5 Å². The lowest BCUT2D eigenvalue weighted by atomic mass is 10.1. The lowest BCUT2D eigenvalue weighted by Crippen LogP contribution is -2.28. The number of aromatic nitrogens is 2. The van der Waals surface area contributed by atoms with Crippen molar-refractivity contribution in [1.82, 2.24) is 9.55 Å². The molecule has 0 saturated heterocycles. The summed E-state index contributed by atoms with van der Waals surface area (Å²) in [6, 6.07) is 12.1. The second-order valence-corrected chi connectivity index (χ2v) is 7.38. The Balaban J connectivity index is 2.08. The Morgan fingerprint density at radius 2 is 1.79 bits per heavy atom. The van der Waals surface area contributed by atoms with Crippen LogP contribution in [0.4, 0.5) is 5.69 Å². The fraction of sp³-hybridized carbons (Fsp3) is 0.190. The number of carbonyl (C=O) groups excluding carboxylic acids is 1. The van der Waals surface area contributed by atoms with Gasteiger partial charge in [-0.05, 0) is 56.7 Å². The second kappa shape index (κ2) is 7.78. The maximum atomic E-state index is 13.0. The van der Waals surface area contributed by atoms with Gasteiger partial charge < -0.3 is 4.90 Å². The Bertz CT molecular complexity index is 1140. The first-order valence-corrected chi connectivity index (χ1v) is 9.36. The highest BCUT2D eigenvalue weighted by Crippen LogP contribution is 2.30. The van der Waals surface area contributed by atoms with E-state index < -0.39 is 5.69 Å². The summed E-state index contributed by atoms with van der Waals surface area (Å²) in [4.78, 5) is 30.9. The Labute approximate surface area is 173 Å². The molecule has 0 atom stereocenters. The largest absolute Gasteiger partial charge is 0.352 e. The van der Waals surface area contributed by atoms with E-state index in [0.717, 1.165) is 5.56 Å². The summed E-state index contributed by atoms with van der Waals surface area (Å²) < 4.78 is 1.39. The molecular formula is C21H19Cl2N3O2. The van der Waals surface area contributed by atoms with Gasteiger partial charge in [0.1, 0.15) is 0 Å². The minimum atomic E-state index is -0.445. The Morgan fingerprint density at radius 3 is 2.46 bits per heavy atom. The van der Waals surface area contributed by atoms with E-state index in [-0.39, 0.29) is 5.91 Å². The first-order valence-electron chi connectivity index (χ1n) is 8.61. The smallest absolute Gasteiger partial charge is 0.310 e. The van der Waals surface area contributed by atoms with Crippen LogP contribution in [0.3, 0.4) is 0 Å². The van der Waals surface area contributed by atoms with E-state index in [1.807, 2.05) is 19.1 Å². The summed E-state index contributed by atoms with van der Waals surface area (Å²) in [5, 5.41) is 0.867. The van der Waals surface area contributed by atoms with Crippen molar-refractivity contribution in [1.29, 1.82) is 0 Å². The maximum absolute atomic E-state index is 13.0. The minimum absolute atomic E-state index is 0.267. The molecule has 28 heavy (non-hydrogen) atoms. The fourth-order valence-corrected chi connectivity index (χ4v) is 3.51. The third-order valence-corrected chi connectivity index (χ3v) is 5.32. The zero-order valence-corrected chi connectivity index (χ0v) is 17.5. The topological polar surface area (TPSA) is 55.2 Å². The normalized spacial score (nSPS) is 10.8. The van der Waals surface area contributed by atoms with Crippen molar-refractivity contribution in [3.8, 4) is 5.69 Å². The molecule has 0 bridgehead atoms. The molecule has 0 radical (unpaired) electrons. The minimum Gasteiger partial charge on any atom is -0.310 e. The zero-order chi connectivity index (χ0) is 20.6. The van der Waals surface area contributed by atoms with E-state index in [0.29, 0.717) is 38.4 Å². The summed E-state index contributed by atoms with van der Waals surface area (Å²) in [6.07, 6.45) is 0. The van der Waals surface area contributed by atoms with Gasteiger partial charge in [0.05, 0.1) is 21.4 Å². The molecule has 3 rings (SSSR count). The van der Waals surface area contributed by atoms with Crippen LogP contribution in [0, 0.1) is 20.8 Å². The number of halogens is 2. The number of carbonyl (C=O) groups is 1. The summed E-state index contributed by atoms with van der Waals surface area (Å²) in [5.74, 6) is -0.267. The number of aryl methyl sites for hydroxylation is 3. The molecule has 0 spiro atoms. The van der Waals surface area contributed by atoms with Crippen molar-refractivity contribution >= 4 is 34.8 Å². The highest BCUT2D eigenvalue weighted by atomic mass is 35.5. The Kier molecular flexibility index (Phi) is 5.59. The van der Waals surface area contributed by atoms with E-state index in [4.69, 9.17) is 23.2 Å². The van der Waals surface area contributed by atoms with Crippen molar-refractivity contribution in [2.75, 3.05) is 11.9 Å². The van der Waals surface area contributed by atoms with Crippen molar-refractivity contribution in [2.45, 2.75) is 20.8 Å². The predicted octanol–water partition coefficient (Wildman–Crippen LogP) is 4.74. The van der Waals surface area contributed by atoms with Crippen LogP contribution in [0.25, 0.3) is 5.69 Å². The van der Waals surface area contributed by atoms with Gasteiger partial charge in [-0.1, -0.05) is 35.3 Å². The fourth-order valence-electron chi connectivity index (χ4n) is 3.05. The van der Waals surface area contributed by atoms with E-state index >= 15 is 0 Å². The van der Waals surface area contributed by atoms with Gasteiger partial charge in [-0.25, -0.2) is 4.79 Å². The third kappa shape index (κ3) is 3.68. The van der Waals surface area contributed by atoms with Crippen molar-refractivity contribution in [2.24, 2.45) is 0 Å². The molecule has 0 aliphatic heterocycles. The average molecular weight is 416 g/mol. The van der Waals surface area contributed by atoms with Gasteiger partial charge in [0.25, 0.3) is 5.91 Å². The Morgan fingerprint density at radius 1 is 1.07 bits per heavy atom. The van der Waals surface area contributed by atoms with Crippen LogP contribution in [0.15, 0.2) is 47.3 Å². The number of hydrogen-bond donors (Lipinski definition) is 0. The summed E-state index contributed by atoms with van der Waals surface area (Å²) in [6.45, 7) is 5.42. The molecule has 1 amide bonds. The average Bonchev–Trinajstić information content (AvgIpc) is 2.63. The van der Waals surface area contributed by atoms with Gasteiger partial charge >= 0.3 is 5.69 Å². The lowest BCUT2D eigenvalue weighted by molar-refractivity contribution is 0.0993. The molecule has 2 aromatic carbocycles. The van der Waals surface area contributed by atoms with E-state index in [9.17, 15) is 9.59 Å². The van der Waals surface area contributed by atoms with Gasteiger partial charge in [0, 0.05) is 24.0 Å². The number of rotatable bonds is 3. The molecule has 0 N–H and O–H groups in total. The van der Waals surface area contributed by atoms with Gasteiger partial charge in [-0.15, -0.1) is 0 Å². The summed E-state index contributed by atoms with van der Waals surface area (Å²) in [7, 11) is 1.65. The lowest BCUT2D eigenvalue weighted by Gasteiger charge is -2.20. The van der Waals surface area contributed by atoms with E-state index in [2.05, 4.69) is 4.98 Å². The molecule has 144 valence electrons. The van der Waals surface area contributed by atoms with Gasteiger partial charge in [-0.3, -0.25) is 9.36 Å². The molecule has 0 fully saturated rings. The van der Waals surface area contributed by atoms with Gasteiger partial charge in [0.2, 0.25) is 0 Å².